The summed E-state index contributed by atoms with van der Waals surface area (Å²) in [5.74, 6) is -0.875. The minimum absolute atomic E-state index is 0.288. The van der Waals surface area contributed by atoms with Gasteiger partial charge < -0.3 is 53.4 Å². The van der Waals surface area contributed by atoms with Gasteiger partial charge in [-0.05, 0) is 131 Å². The quantitative estimate of drug-likeness (QED) is 0.0601. The lowest BCUT2D eigenvalue weighted by molar-refractivity contribution is 0.0242. The fraction of sp³-hybridized carbons (Fsp3) is 0.287. The zero-order valence-corrected chi connectivity index (χ0v) is 57.5. The first kappa shape index (κ1) is 66.7. The fourth-order valence-corrected chi connectivity index (χ4v) is 13.0. The van der Waals surface area contributed by atoms with Crippen molar-refractivity contribution in [3.8, 4) is 0 Å². The molecule has 486 valence electrons. The number of fused-ring (bicyclic) bond motifs is 3. The lowest BCUT2D eigenvalue weighted by atomic mass is 9.79. The molecule has 3 aliphatic rings. The van der Waals surface area contributed by atoms with Gasteiger partial charge in [-0.3, -0.25) is 0 Å². The van der Waals surface area contributed by atoms with Crippen molar-refractivity contribution in [2.75, 3.05) is 150 Å². The molecule has 3 aliphatic heterocycles. The molecule has 0 atom stereocenters. The van der Waals surface area contributed by atoms with Crippen LogP contribution in [0.15, 0.2) is 206 Å². The number of carbonyl (C=O) groups is 3. The lowest BCUT2D eigenvalue weighted by Gasteiger charge is -2.32. The van der Waals surface area contributed by atoms with Crippen molar-refractivity contribution in [3.05, 3.63) is 273 Å². The van der Waals surface area contributed by atoms with Gasteiger partial charge in [0.15, 0.2) is 16.8 Å². The van der Waals surface area contributed by atoms with Crippen LogP contribution in [0, 0.1) is 0 Å². The van der Waals surface area contributed by atoms with Crippen molar-refractivity contribution in [1.82, 2.24) is 0 Å². The van der Waals surface area contributed by atoms with Crippen LogP contribution >= 0.6 is 0 Å². The SMILES string of the molecule is CCN(CC)c1ccc(C2(c3ccc(N(CC)CC)cc3)OC(=O)c3cc(N(C)C)ccc32)cc1.CN(C)c1ccc(C2(c3ccc(N(C)C)cc3)OC(=O)c3cc(N(C)C)ccc32)cc1.CN(C)c1ccc(C2(c3ccc(N(C)C)cc3)OC(=O)c3ccccc32)cc1. The number of carbonyl (C=O) groups excluding carboxylic acids is 3. The zero-order valence-electron chi connectivity index (χ0n) is 57.5. The minimum Gasteiger partial charge on any atom is -0.441 e. The Bertz CT molecular complexity index is 3960. The summed E-state index contributed by atoms with van der Waals surface area (Å²) < 4.78 is 18.7. The van der Waals surface area contributed by atoms with Crippen LogP contribution in [0.1, 0.15) is 109 Å². The average Bonchev–Trinajstić information content (AvgIpc) is 1.55. The maximum Gasteiger partial charge on any atom is 0.340 e. The fourth-order valence-electron chi connectivity index (χ4n) is 13.0. The topological polar surface area (TPSA) is 105 Å². The van der Waals surface area contributed by atoms with Crippen LogP contribution < -0.4 is 39.2 Å². The molecule has 94 heavy (non-hydrogen) atoms. The molecule has 14 nitrogen and oxygen atoms in total. The molecular formula is C80H90N8O6. The maximum absolute atomic E-state index is 13.3. The number of benzene rings is 9. The Hall–Kier alpha value is -10.2. The van der Waals surface area contributed by atoms with Crippen molar-refractivity contribution in [3.63, 3.8) is 0 Å². The first-order valence-corrected chi connectivity index (χ1v) is 32.3. The highest BCUT2D eigenvalue weighted by atomic mass is 16.6. The van der Waals surface area contributed by atoms with E-state index < -0.39 is 16.8 Å². The summed E-state index contributed by atoms with van der Waals surface area (Å²) in [7, 11) is 24.0. The molecule has 14 heteroatoms. The van der Waals surface area contributed by atoms with Crippen LogP contribution in [-0.4, -0.2) is 129 Å². The molecule has 0 aromatic heterocycles. The van der Waals surface area contributed by atoms with E-state index >= 15 is 0 Å². The van der Waals surface area contributed by atoms with Gasteiger partial charge in [-0.2, -0.15) is 0 Å². The number of ether oxygens (including phenoxy) is 3. The highest BCUT2D eigenvalue weighted by Crippen LogP contribution is 2.51. The van der Waals surface area contributed by atoms with Crippen LogP contribution in [0.3, 0.4) is 0 Å². The molecule has 0 fully saturated rings. The second kappa shape index (κ2) is 27.5. The summed E-state index contributed by atoms with van der Waals surface area (Å²) >= 11 is 0. The molecule has 0 bridgehead atoms. The third kappa shape index (κ3) is 12.4. The summed E-state index contributed by atoms with van der Waals surface area (Å²) in [5.41, 5.74) is 15.9. The Morgan fingerprint density at radius 3 is 0.713 bits per heavy atom. The monoisotopic (exact) mass is 1260 g/mol. The van der Waals surface area contributed by atoms with Gasteiger partial charge in [-0.1, -0.05) is 103 Å². The molecule has 3 heterocycles. The van der Waals surface area contributed by atoms with E-state index in [0.29, 0.717) is 16.7 Å². The standard InChI is InChI=1S/C30H37N3O2.C26H29N3O2.C24H24N2O2/c1-7-32(8-2)24-15-11-22(12-16-24)30(23-13-17-25(18-14-23)33(9-3)10-4)28-20-19-26(31(5)6)21-27(28)29(34)35-30;1-27(2)20-11-7-18(8-12-20)26(19-9-13-21(14-10-19)28(3)4)24-16-15-22(29(5)6)17-23(24)25(30)31-26;1-25(2)19-13-9-17(10-14-19)24(18-11-15-20(16-12-18)26(3)4)22-8-6-5-7-21(22)23(27)28-24/h11-21H,7-10H2,1-6H3;7-17H,1-6H3;5-16H,1-4H3. The normalized spacial score (nSPS) is 14.1. The van der Waals surface area contributed by atoms with Crippen molar-refractivity contribution in [2.24, 2.45) is 0 Å². The third-order valence-electron chi connectivity index (χ3n) is 18.5. The molecule has 0 spiro atoms. The maximum atomic E-state index is 13.3. The molecule has 0 saturated carbocycles. The molecule has 9 aromatic rings. The molecular weight excluding hydrogens is 1170 g/mol. The van der Waals surface area contributed by atoms with Gasteiger partial charge in [-0.25, -0.2) is 14.4 Å². The number of hydrogen-bond acceptors (Lipinski definition) is 14. The molecule has 0 radical (unpaired) electrons. The predicted octanol–water partition coefficient (Wildman–Crippen LogP) is 14.5. The van der Waals surface area contributed by atoms with Gasteiger partial charge in [-0.15, -0.1) is 0 Å². The van der Waals surface area contributed by atoms with Gasteiger partial charge in [0, 0.05) is 206 Å². The number of esters is 3. The van der Waals surface area contributed by atoms with E-state index in [2.05, 4.69) is 184 Å². The van der Waals surface area contributed by atoms with Crippen molar-refractivity contribution in [1.29, 1.82) is 0 Å². The molecule has 0 saturated heterocycles. The van der Waals surface area contributed by atoms with E-state index in [4.69, 9.17) is 14.2 Å². The summed E-state index contributed by atoms with van der Waals surface area (Å²) in [6.07, 6.45) is 0. The number of rotatable bonds is 18. The van der Waals surface area contributed by atoms with E-state index in [0.717, 1.165) is 110 Å². The summed E-state index contributed by atoms with van der Waals surface area (Å²) in [4.78, 5) is 56.0. The van der Waals surface area contributed by atoms with Crippen LogP contribution in [0.4, 0.5) is 45.5 Å². The molecule has 0 amide bonds. The Morgan fingerprint density at radius 1 is 0.255 bits per heavy atom. The van der Waals surface area contributed by atoms with Gasteiger partial charge in [0.1, 0.15) is 0 Å². The van der Waals surface area contributed by atoms with Gasteiger partial charge in [0.05, 0.1) is 16.7 Å². The minimum atomic E-state index is -0.985. The summed E-state index contributed by atoms with van der Waals surface area (Å²) in [6.45, 7) is 12.4. The Kier molecular flexibility index (Phi) is 19.5. The van der Waals surface area contributed by atoms with Crippen molar-refractivity contribution >= 4 is 63.4 Å². The van der Waals surface area contributed by atoms with Gasteiger partial charge in [0.25, 0.3) is 0 Å². The van der Waals surface area contributed by atoms with Crippen molar-refractivity contribution in [2.45, 2.75) is 44.5 Å². The van der Waals surface area contributed by atoms with E-state index in [-0.39, 0.29) is 17.9 Å². The van der Waals surface area contributed by atoms with Gasteiger partial charge in [0.2, 0.25) is 0 Å². The summed E-state index contributed by atoms with van der Waals surface area (Å²) in [6, 6.07) is 69.5. The molecule has 0 N–H and O–H groups in total. The number of nitrogens with zero attached hydrogens (tertiary/aromatic N) is 8. The third-order valence-corrected chi connectivity index (χ3v) is 18.5. The van der Waals surface area contributed by atoms with E-state index in [9.17, 15) is 14.4 Å². The van der Waals surface area contributed by atoms with E-state index in [1.807, 2.05) is 173 Å². The smallest absolute Gasteiger partial charge is 0.340 e. The molecule has 0 aliphatic carbocycles. The van der Waals surface area contributed by atoms with Crippen LogP contribution in [0.2, 0.25) is 0 Å². The highest BCUT2D eigenvalue weighted by Gasteiger charge is 2.51. The average molecular weight is 1260 g/mol. The predicted molar refractivity (Wildman–Crippen MR) is 387 cm³/mol. The number of cyclic esters (lactones) is 3. The lowest BCUT2D eigenvalue weighted by Crippen LogP contribution is -2.30. The number of anilines is 8. The Morgan fingerprint density at radius 2 is 0.468 bits per heavy atom. The highest BCUT2D eigenvalue weighted by molar-refractivity contribution is 5.99. The zero-order chi connectivity index (χ0) is 67.4. The Balaban J connectivity index is 0.000000155. The van der Waals surface area contributed by atoms with Gasteiger partial charge >= 0.3 is 17.9 Å². The second-order valence-corrected chi connectivity index (χ2v) is 25.2. The largest absolute Gasteiger partial charge is 0.441 e. The first-order valence-electron chi connectivity index (χ1n) is 32.3. The van der Waals surface area contributed by atoms with Crippen LogP contribution in [0.5, 0.6) is 0 Å². The summed E-state index contributed by atoms with van der Waals surface area (Å²) in [5, 5.41) is 0. The Labute approximate surface area is 556 Å². The number of hydrogen-bond donors (Lipinski definition) is 0. The molecule has 9 aromatic carbocycles. The van der Waals surface area contributed by atoms with Crippen molar-refractivity contribution < 1.29 is 28.6 Å². The van der Waals surface area contributed by atoms with Crippen LogP contribution in [0.25, 0.3) is 0 Å². The van der Waals surface area contributed by atoms with Crippen LogP contribution in [-0.2, 0) is 31.0 Å². The van der Waals surface area contributed by atoms with E-state index in [1.165, 1.54) is 11.4 Å². The first-order chi connectivity index (χ1) is 45.1. The molecule has 12 rings (SSSR count). The van der Waals surface area contributed by atoms with E-state index in [1.54, 1.807) is 0 Å². The second-order valence-electron chi connectivity index (χ2n) is 25.2. The molecule has 0 unspecified atom stereocenters.